The number of carbonyl (C=O) groups is 3. The van der Waals surface area contributed by atoms with Gasteiger partial charge < -0.3 is 0 Å². The molecule has 29 heavy (non-hydrogen) atoms. The van der Waals surface area contributed by atoms with E-state index >= 15 is 0 Å². The van der Waals surface area contributed by atoms with E-state index in [1.54, 1.807) is 12.4 Å². The summed E-state index contributed by atoms with van der Waals surface area (Å²) in [6, 6.07) is -0.584. The first kappa shape index (κ1) is 21.3. The maximum atomic E-state index is 13.2. The molecule has 1 saturated heterocycles. The summed E-state index contributed by atoms with van der Waals surface area (Å²) in [7, 11) is 0. The van der Waals surface area contributed by atoms with Crippen molar-refractivity contribution in [2.45, 2.75) is 57.9 Å². The van der Waals surface area contributed by atoms with Crippen molar-refractivity contribution in [2.24, 2.45) is 11.8 Å². The molecular weight excluding hydrogens is 374 g/mol. The molecule has 0 unspecified atom stereocenters. The van der Waals surface area contributed by atoms with Crippen molar-refractivity contribution in [1.29, 1.82) is 0 Å². The predicted octanol–water partition coefficient (Wildman–Crippen LogP) is 1.05. The van der Waals surface area contributed by atoms with Crippen LogP contribution in [0.5, 0.6) is 0 Å². The van der Waals surface area contributed by atoms with Crippen LogP contribution in [0.3, 0.4) is 0 Å². The molecule has 158 valence electrons. The summed E-state index contributed by atoms with van der Waals surface area (Å²) in [5.74, 6) is -0.487. The molecular formula is C20H29N5O4. The summed E-state index contributed by atoms with van der Waals surface area (Å²) in [6.45, 7) is 2.27. The fourth-order valence-electron chi connectivity index (χ4n) is 4.36. The molecule has 1 saturated carbocycles. The largest absolute Gasteiger partial charge is 0.297 e. The van der Waals surface area contributed by atoms with Crippen LogP contribution in [0.1, 0.15) is 49.9 Å². The number of hydroxylamine groups is 2. The van der Waals surface area contributed by atoms with Crippen LogP contribution in [0.4, 0.5) is 0 Å². The predicted molar refractivity (Wildman–Crippen MR) is 103 cm³/mol. The van der Waals surface area contributed by atoms with E-state index in [0.717, 1.165) is 31.4 Å². The fourth-order valence-corrected chi connectivity index (χ4v) is 4.36. The number of nitrogens with one attached hydrogen (secondary N) is 1. The number of rotatable bonds is 9. The molecule has 0 radical (unpaired) electrons. The Balaban J connectivity index is 1.69. The van der Waals surface area contributed by atoms with Gasteiger partial charge in [0.05, 0.1) is 30.3 Å². The SMILES string of the molecule is Cc1cncc(CC(=O)[C@@H]2CCNN2C(=O)[C@H](CC2CCCC2)CN(O)C=O)n1. The number of amides is 2. The number of aryl methyl sites for hydroxylation is 1. The van der Waals surface area contributed by atoms with Crippen molar-refractivity contribution in [1.82, 2.24) is 25.5 Å². The van der Waals surface area contributed by atoms with Crippen LogP contribution in [-0.4, -0.2) is 62.5 Å². The Hall–Kier alpha value is -2.39. The first-order valence-electron chi connectivity index (χ1n) is 10.3. The lowest BCUT2D eigenvalue weighted by molar-refractivity contribution is -0.159. The smallest absolute Gasteiger partial charge is 0.242 e. The lowest BCUT2D eigenvalue weighted by atomic mass is 9.91. The second kappa shape index (κ2) is 9.89. The zero-order valence-corrected chi connectivity index (χ0v) is 16.8. The molecule has 1 aliphatic heterocycles. The molecule has 2 heterocycles. The minimum atomic E-state index is -0.584. The standard InChI is InChI=1S/C20H29N5O4/c1-14-10-21-11-17(23-14)9-19(27)18-6-7-22-25(18)20(28)16(12-24(29)13-26)8-15-4-2-3-5-15/h10-11,13,15-16,18,22,29H,2-9,12H2,1H3/t16-,18+/m1/s1. The fraction of sp³-hybridized carbons (Fsp3) is 0.650. The molecule has 0 bridgehead atoms. The van der Waals surface area contributed by atoms with Gasteiger partial charge in [-0.05, 0) is 25.7 Å². The van der Waals surface area contributed by atoms with E-state index in [0.29, 0.717) is 42.5 Å². The summed E-state index contributed by atoms with van der Waals surface area (Å²) in [5.41, 5.74) is 4.34. The van der Waals surface area contributed by atoms with Crippen LogP contribution in [0.25, 0.3) is 0 Å². The third kappa shape index (κ3) is 5.57. The molecule has 2 fully saturated rings. The Bertz CT molecular complexity index is 737. The lowest BCUT2D eigenvalue weighted by Crippen LogP contribution is -2.51. The van der Waals surface area contributed by atoms with Gasteiger partial charge in [-0.3, -0.25) is 34.6 Å². The van der Waals surface area contributed by atoms with Crippen LogP contribution >= 0.6 is 0 Å². The van der Waals surface area contributed by atoms with Gasteiger partial charge in [0.1, 0.15) is 6.04 Å². The highest BCUT2D eigenvalue weighted by Crippen LogP contribution is 2.31. The van der Waals surface area contributed by atoms with Crippen LogP contribution in [0.15, 0.2) is 12.4 Å². The molecule has 9 heteroatoms. The molecule has 9 nitrogen and oxygen atoms in total. The number of carbonyl (C=O) groups excluding carboxylic acids is 3. The van der Waals surface area contributed by atoms with E-state index in [9.17, 15) is 19.6 Å². The van der Waals surface area contributed by atoms with E-state index in [-0.39, 0.29) is 24.7 Å². The van der Waals surface area contributed by atoms with Gasteiger partial charge in [0.15, 0.2) is 5.78 Å². The normalized spacial score (nSPS) is 20.6. The minimum absolute atomic E-state index is 0.0682. The third-order valence-corrected chi connectivity index (χ3v) is 5.75. The van der Waals surface area contributed by atoms with Gasteiger partial charge in [-0.15, -0.1) is 0 Å². The second-order valence-corrected chi connectivity index (χ2v) is 8.03. The number of hydrogen-bond donors (Lipinski definition) is 2. The zero-order valence-electron chi connectivity index (χ0n) is 16.8. The van der Waals surface area contributed by atoms with Crippen molar-refractivity contribution < 1.29 is 19.6 Å². The lowest BCUT2D eigenvalue weighted by Gasteiger charge is -2.29. The van der Waals surface area contributed by atoms with E-state index in [2.05, 4.69) is 15.4 Å². The Labute approximate surface area is 170 Å². The number of aromatic nitrogens is 2. The minimum Gasteiger partial charge on any atom is -0.297 e. The molecule has 0 spiro atoms. The summed E-state index contributed by atoms with van der Waals surface area (Å²) in [4.78, 5) is 45.4. The topological polar surface area (TPSA) is 116 Å². The molecule has 2 N–H and O–H groups in total. The Morgan fingerprint density at radius 1 is 1.34 bits per heavy atom. The number of ketones is 1. The average molecular weight is 403 g/mol. The monoisotopic (exact) mass is 403 g/mol. The average Bonchev–Trinajstić information content (AvgIpc) is 3.38. The summed E-state index contributed by atoms with van der Waals surface area (Å²) < 4.78 is 0. The van der Waals surface area contributed by atoms with Crippen molar-refractivity contribution in [3.63, 3.8) is 0 Å². The number of hydrazine groups is 1. The zero-order chi connectivity index (χ0) is 20.8. The Morgan fingerprint density at radius 2 is 2.10 bits per heavy atom. The number of nitrogens with zero attached hydrogens (tertiary/aromatic N) is 4. The summed E-state index contributed by atoms with van der Waals surface area (Å²) in [5, 5.41) is 11.6. The maximum absolute atomic E-state index is 13.2. The summed E-state index contributed by atoms with van der Waals surface area (Å²) >= 11 is 0. The molecule has 1 aromatic heterocycles. The van der Waals surface area contributed by atoms with E-state index in [4.69, 9.17) is 0 Å². The van der Waals surface area contributed by atoms with Gasteiger partial charge in [-0.1, -0.05) is 25.7 Å². The van der Waals surface area contributed by atoms with Crippen molar-refractivity contribution in [3.8, 4) is 0 Å². The Morgan fingerprint density at radius 3 is 2.79 bits per heavy atom. The van der Waals surface area contributed by atoms with Gasteiger partial charge >= 0.3 is 0 Å². The van der Waals surface area contributed by atoms with E-state index in [1.807, 2.05) is 6.92 Å². The van der Waals surface area contributed by atoms with Crippen LogP contribution < -0.4 is 5.43 Å². The van der Waals surface area contributed by atoms with Gasteiger partial charge in [0.25, 0.3) is 0 Å². The number of hydrogen-bond acceptors (Lipinski definition) is 7. The van der Waals surface area contributed by atoms with Crippen LogP contribution in [-0.2, 0) is 20.8 Å². The van der Waals surface area contributed by atoms with Gasteiger partial charge in [-0.25, -0.2) is 10.5 Å². The Kier molecular flexibility index (Phi) is 7.27. The molecule has 1 aromatic rings. The van der Waals surface area contributed by atoms with Crippen LogP contribution in [0.2, 0.25) is 0 Å². The highest BCUT2D eigenvalue weighted by atomic mass is 16.5. The molecule has 3 rings (SSSR count). The quantitative estimate of drug-likeness (QED) is 0.360. The molecule has 1 aliphatic carbocycles. The maximum Gasteiger partial charge on any atom is 0.242 e. The first-order valence-corrected chi connectivity index (χ1v) is 10.3. The highest BCUT2D eigenvalue weighted by molar-refractivity contribution is 5.91. The van der Waals surface area contributed by atoms with Gasteiger partial charge in [0.2, 0.25) is 12.3 Å². The van der Waals surface area contributed by atoms with E-state index in [1.165, 1.54) is 5.01 Å². The molecule has 0 aromatic carbocycles. The van der Waals surface area contributed by atoms with Crippen molar-refractivity contribution in [3.05, 3.63) is 23.8 Å². The van der Waals surface area contributed by atoms with Gasteiger partial charge in [-0.2, -0.15) is 0 Å². The van der Waals surface area contributed by atoms with Crippen LogP contribution in [0, 0.1) is 18.8 Å². The highest BCUT2D eigenvalue weighted by Gasteiger charge is 2.38. The van der Waals surface area contributed by atoms with Crippen molar-refractivity contribution in [2.75, 3.05) is 13.1 Å². The molecule has 2 amide bonds. The van der Waals surface area contributed by atoms with Crippen molar-refractivity contribution >= 4 is 18.1 Å². The van der Waals surface area contributed by atoms with E-state index < -0.39 is 12.0 Å². The molecule has 2 atom stereocenters. The van der Waals surface area contributed by atoms with Gasteiger partial charge in [0, 0.05) is 18.9 Å². The number of Topliss-reactive ketones (excluding diaryl/α,β-unsaturated/α-hetero) is 1. The summed E-state index contributed by atoms with van der Waals surface area (Å²) in [6.07, 6.45) is 9.13. The molecule has 2 aliphatic rings. The second-order valence-electron chi connectivity index (χ2n) is 8.03. The third-order valence-electron chi connectivity index (χ3n) is 5.75. The first-order chi connectivity index (χ1) is 14.0.